The Bertz CT molecular complexity index is 523. The minimum atomic E-state index is -1.50. The van der Waals surface area contributed by atoms with Crippen molar-refractivity contribution in [2.75, 3.05) is 0 Å². The second-order valence-corrected chi connectivity index (χ2v) is 6.46. The number of hydrogen-bond acceptors (Lipinski definition) is 6. The zero-order valence-corrected chi connectivity index (χ0v) is 15.8. The van der Waals surface area contributed by atoms with Gasteiger partial charge in [0.15, 0.2) is 6.04 Å². The van der Waals surface area contributed by atoms with Crippen molar-refractivity contribution in [1.29, 1.82) is 0 Å². The third kappa shape index (κ3) is 7.36. The van der Waals surface area contributed by atoms with Crippen LogP contribution in [0.4, 0.5) is 0 Å². The molecule has 0 bridgehead atoms. The molecule has 3 amide bonds. The Labute approximate surface area is 152 Å². The van der Waals surface area contributed by atoms with Crippen molar-refractivity contribution in [2.45, 2.75) is 71.3 Å². The number of amides is 3. The van der Waals surface area contributed by atoms with Crippen LogP contribution in [0.1, 0.15) is 41.0 Å². The molecule has 0 aromatic heterocycles. The molecule has 0 aliphatic carbocycles. The second kappa shape index (κ2) is 10.7. The number of rotatable bonds is 10. The van der Waals surface area contributed by atoms with Crippen molar-refractivity contribution in [3.63, 3.8) is 0 Å². The minimum Gasteiger partial charge on any atom is -0.480 e. The Morgan fingerprint density at radius 1 is 0.885 bits per heavy atom. The van der Waals surface area contributed by atoms with Gasteiger partial charge in [-0.1, -0.05) is 20.3 Å². The number of aliphatic hydroxyl groups excluding tert-OH is 1. The van der Waals surface area contributed by atoms with Crippen LogP contribution in [0.25, 0.3) is 0 Å². The van der Waals surface area contributed by atoms with E-state index in [9.17, 15) is 24.3 Å². The Morgan fingerprint density at radius 2 is 1.38 bits per heavy atom. The molecule has 0 saturated heterocycles. The molecule has 0 spiro atoms. The highest BCUT2D eigenvalue weighted by Crippen LogP contribution is 2.09. The molecule has 0 fully saturated rings. The Hall–Kier alpha value is -2.20. The minimum absolute atomic E-state index is 0.307. The fraction of sp³-hybridized carbons (Fsp3) is 0.750. The van der Waals surface area contributed by atoms with Crippen LogP contribution in [0.15, 0.2) is 0 Å². The number of aliphatic hydroxyl groups is 1. The molecule has 0 rings (SSSR count). The van der Waals surface area contributed by atoms with Gasteiger partial charge in [0.2, 0.25) is 17.7 Å². The third-order valence-corrected chi connectivity index (χ3v) is 4.01. The number of nitrogens with two attached hydrogens (primary N) is 1. The Morgan fingerprint density at radius 3 is 1.77 bits per heavy atom. The maximum atomic E-state index is 12.4. The largest absolute Gasteiger partial charge is 0.480 e. The van der Waals surface area contributed by atoms with E-state index in [2.05, 4.69) is 16.0 Å². The maximum Gasteiger partial charge on any atom is 0.328 e. The quantitative estimate of drug-likeness (QED) is 0.265. The summed E-state index contributed by atoms with van der Waals surface area (Å²) in [5.41, 5.74) is 5.43. The zero-order valence-electron chi connectivity index (χ0n) is 15.8. The molecule has 0 aromatic rings. The average molecular weight is 374 g/mol. The van der Waals surface area contributed by atoms with Crippen LogP contribution in [0.3, 0.4) is 0 Å². The standard InChI is InChI=1S/C16H30N4O6/c1-6-7(2)11(15(24)20-12(10(5)21)16(25)26)19-14(23)9(4)18-13(22)8(3)17/h7-12,21H,6,17H2,1-5H3,(H,18,22)(H,19,23)(H,20,24)(H,25,26). The number of carbonyl (C=O) groups excluding carboxylic acids is 3. The van der Waals surface area contributed by atoms with E-state index < -0.39 is 54.0 Å². The number of nitrogens with one attached hydrogen (secondary N) is 3. The summed E-state index contributed by atoms with van der Waals surface area (Å²) in [5, 5.41) is 25.7. The first-order valence-electron chi connectivity index (χ1n) is 8.49. The van der Waals surface area contributed by atoms with E-state index >= 15 is 0 Å². The number of aliphatic carboxylic acids is 1. The normalized spacial score (nSPS) is 17.8. The molecule has 6 unspecified atom stereocenters. The molecule has 0 radical (unpaired) electrons. The molecule has 7 N–H and O–H groups in total. The molecule has 10 heteroatoms. The molecular weight excluding hydrogens is 344 g/mol. The van der Waals surface area contributed by atoms with Crippen molar-refractivity contribution in [3.8, 4) is 0 Å². The predicted octanol–water partition coefficient (Wildman–Crippen LogP) is -1.68. The van der Waals surface area contributed by atoms with Crippen LogP contribution < -0.4 is 21.7 Å². The zero-order chi connectivity index (χ0) is 20.6. The highest BCUT2D eigenvalue weighted by molar-refractivity contribution is 5.94. The number of carboxylic acids is 1. The number of hydrogen-bond donors (Lipinski definition) is 6. The topological polar surface area (TPSA) is 171 Å². The van der Waals surface area contributed by atoms with E-state index in [0.717, 1.165) is 0 Å². The lowest BCUT2D eigenvalue weighted by molar-refractivity contribution is -0.145. The van der Waals surface area contributed by atoms with Crippen LogP contribution in [0.2, 0.25) is 0 Å². The summed E-state index contributed by atoms with van der Waals surface area (Å²) in [6.45, 7) is 7.67. The highest BCUT2D eigenvalue weighted by atomic mass is 16.4. The molecule has 6 atom stereocenters. The van der Waals surface area contributed by atoms with E-state index in [1.807, 2.05) is 6.92 Å². The maximum absolute atomic E-state index is 12.4. The highest BCUT2D eigenvalue weighted by Gasteiger charge is 2.32. The summed E-state index contributed by atoms with van der Waals surface area (Å²) in [6, 6.07) is -4.25. The molecule has 0 aromatic carbocycles. The van der Waals surface area contributed by atoms with Gasteiger partial charge >= 0.3 is 5.97 Å². The first-order valence-corrected chi connectivity index (χ1v) is 8.49. The third-order valence-electron chi connectivity index (χ3n) is 4.01. The van der Waals surface area contributed by atoms with Crippen molar-refractivity contribution in [2.24, 2.45) is 11.7 Å². The fourth-order valence-electron chi connectivity index (χ4n) is 2.02. The van der Waals surface area contributed by atoms with E-state index in [-0.39, 0.29) is 5.92 Å². The van der Waals surface area contributed by atoms with E-state index in [0.29, 0.717) is 6.42 Å². The molecule has 26 heavy (non-hydrogen) atoms. The van der Waals surface area contributed by atoms with Crippen molar-refractivity contribution in [1.82, 2.24) is 16.0 Å². The molecular formula is C16H30N4O6. The van der Waals surface area contributed by atoms with Gasteiger partial charge in [-0.25, -0.2) is 4.79 Å². The van der Waals surface area contributed by atoms with Gasteiger partial charge in [0.05, 0.1) is 12.1 Å². The summed E-state index contributed by atoms with van der Waals surface area (Å²) < 4.78 is 0. The predicted molar refractivity (Wildman–Crippen MR) is 93.9 cm³/mol. The lowest BCUT2D eigenvalue weighted by atomic mass is 9.97. The van der Waals surface area contributed by atoms with Gasteiger partial charge in [-0.15, -0.1) is 0 Å². The van der Waals surface area contributed by atoms with Crippen molar-refractivity contribution >= 4 is 23.7 Å². The SMILES string of the molecule is CCC(C)C(NC(=O)C(C)NC(=O)C(C)N)C(=O)NC(C(=O)O)C(C)O. The Balaban J connectivity index is 5.15. The lowest BCUT2D eigenvalue weighted by Crippen LogP contribution is -2.59. The molecule has 0 heterocycles. The van der Waals surface area contributed by atoms with E-state index in [4.69, 9.17) is 10.8 Å². The molecule has 10 nitrogen and oxygen atoms in total. The van der Waals surface area contributed by atoms with Gasteiger partial charge in [-0.3, -0.25) is 14.4 Å². The van der Waals surface area contributed by atoms with E-state index in [1.54, 1.807) is 6.92 Å². The van der Waals surface area contributed by atoms with Gasteiger partial charge in [-0.2, -0.15) is 0 Å². The Kier molecular flexibility index (Phi) is 9.81. The summed E-state index contributed by atoms with van der Waals surface area (Å²) in [5.74, 6) is -3.55. The lowest BCUT2D eigenvalue weighted by Gasteiger charge is -2.27. The van der Waals surface area contributed by atoms with Crippen molar-refractivity contribution < 1.29 is 29.4 Å². The van der Waals surface area contributed by atoms with Gasteiger partial charge in [0, 0.05) is 0 Å². The van der Waals surface area contributed by atoms with Crippen LogP contribution in [-0.2, 0) is 19.2 Å². The molecule has 0 aliphatic heterocycles. The van der Waals surface area contributed by atoms with Gasteiger partial charge in [0.1, 0.15) is 12.1 Å². The summed E-state index contributed by atoms with van der Waals surface area (Å²) in [4.78, 5) is 47.4. The van der Waals surface area contributed by atoms with Crippen LogP contribution in [0.5, 0.6) is 0 Å². The number of carboxylic acid groups (broad SMARTS) is 1. The van der Waals surface area contributed by atoms with Gasteiger partial charge in [0.25, 0.3) is 0 Å². The van der Waals surface area contributed by atoms with Crippen LogP contribution in [0, 0.1) is 5.92 Å². The molecule has 0 saturated carbocycles. The fourth-order valence-corrected chi connectivity index (χ4v) is 2.02. The molecule has 0 aliphatic rings. The van der Waals surface area contributed by atoms with Gasteiger partial charge in [-0.05, 0) is 26.7 Å². The second-order valence-electron chi connectivity index (χ2n) is 6.46. The van der Waals surface area contributed by atoms with Crippen molar-refractivity contribution in [3.05, 3.63) is 0 Å². The average Bonchev–Trinajstić information content (AvgIpc) is 2.55. The van der Waals surface area contributed by atoms with Gasteiger partial charge < -0.3 is 31.9 Å². The first kappa shape index (κ1) is 23.8. The van der Waals surface area contributed by atoms with E-state index in [1.165, 1.54) is 20.8 Å². The smallest absolute Gasteiger partial charge is 0.328 e. The first-order chi connectivity index (χ1) is 11.9. The number of carbonyl (C=O) groups is 4. The summed E-state index contributed by atoms with van der Waals surface area (Å²) in [7, 11) is 0. The van der Waals surface area contributed by atoms with Crippen LogP contribution in [-0.4, -0.2) is 64.2 Å². The summed E-state index contributed by atoms with van der Waals surface area (Å²) >= 11 is 0. The summed E-state index contributed by atoms with van der Waals surface area (Å²) in [6.07, 6.45) is -0.778. The van der Waals surface area contributed by atoms with Crippen LogP contribution >= 0.6 is 0 Å². The molecule has 150 valence electrons. The monoisotopic (exact) mass is 374 g/mol.